The van der Waals surface area contributed by atoms with Crippen molar-refractivity contribution in [1.82, 2.24) is 0 Å². The molecule has 0 aliphatic rings. The number of carbonyl (C=O) groups is 2. The minimum atomic E-state index is -3.21. The molecule has 1 aromatic rings. The van der Waals surface area contributed by atoms with Crippen molar-refractivity contribution in [3.05, 3.63) is 28.2 Å². The highest BCUT2D eigenvalue weighted by Gasteiger charge is 2.10. The first-order valence-corrected chi connectivity index (χ1v) is 8.04. The van der Waals surface area contributed by atoms with Gasteiger partial charge in [0.25, 0.3) is 0 Å². The smallest absolute Gasteiger partial charge is 0.335 e. The van der Waals surface area contributed by atoms with Crippen molar-refractivity contribution in [3.8, 4) is 0 Å². The fourth-order valence-corrected chi connectivity index (χ4v) is 2.34. The van der Waals surface area contributed by atoms with E-state index in [9.17, 15) is 18.0 Å². The molecule has 1 amide bonds. The van der Waals surface area contributed by atoms with Gasteiger partial charge in [-0.3, -0.25) is 4.79 Å². The molecule has 2 N–H and O–H groups in total. The highest BCUT2D eigenvalue weighted by Crippen LogP contribution is 2.20. The maximum absolute atomic E-state index is 11.5. The standard InChI is InChI=1S/C11H12BrNO5S/c1-19(17,18)3-2-10(14)13-9-5-7(11(15)16)4-8(12)6-9/h4-6H,2-3H2,1H3,(H,13,14)(H,15,16). The number of carboxylic acids is 1. The molecule has 0 radical (unpaired) electrons. The summed E-state index contributed by atoms with van der Waals surface area (Å²) in [5.41, 5.74) is 0.318. The first-order valence-electron chi connectivity index (χ1n) is 5.19. The van der Waals surface area contributed by atoms with Crippen molar-refractivity contribution in [2.75, 3.05) is 17.3 Å². The van der Waals surface area contributed by atoms with Gasteiger partial charge in [0, 0.05) is 22.8 Å². The average Bonchev–Trinajstić information content (AvgIpc) is 2.24. The van der Waals surface area contributed by atoms with E-state index in [0.717, 1.165) is 6.26 Å². The van der Waals surface area contributed by atoms with Crippen LogP contribution in [0.25, 0.3) is 0 Å². The number of aromatic carboxylic acids is 1. The average molecular weight is 350 g/mol. The van der Waals surface area contributed by atoms with Crippen molar-refractivity contribution in [2.24, 2.45) is 0 Å². The summed E-state index contributed by atoms with van der Waals surface area (Å²) in [5.74, 6) is -1.86. The molecule has 6 nitrogen and oxygen atoms in total. The van der Waals surface area contributed by atoms with E-state index in [-0.39, 0.29) is 17.7 Å². The van der Waals surface area contributed by atoms with Gasteiger partial charge in [-0.2, -0.15) is 0 Å². The number of hydrogen-bond donors (Lipinski definition) is 2. The Labute approximate surface area is 118 Å². The van der Waals surface area contributed by atoms with Gasteiger partial charge in [-0.15, -0.1) is 0 Å². The van der Waals surface area contributed by atoms with Crippen LogP contribution >= 0.6 is 15.9 Å². The molecule has 0 aliphatic heterocycles. The van der Waals surface area contributed by atoms with Crippen LogP contribution in [0, 0.1) is 0 Å². The van der Waals surface area contributed by atoms with E-state index in [1.54, 1.807) is 0 Å². The molecule has 0 saturated heterocycles. The predicted molar refractivity (Wildman–Crippen MR) is 74.1 cm³/mol. The number of halogens is 1. The number of carbonyl (C=O) groups excluding carboxylic acids is 1. The highest BCUT2D eigenvalue weighted by molar-refractivity contribution is 9.10. The molecule has 1 rings (SSSR count). The third-order valence-electron chi connectivity index (χ3n) is 2.13. The Morgan fingerprint density at radius 1 is 1.32 bits per heavy atom. The number of amides is 1. The molecular formula is C11H12BrNO5S. The van der Waals surface area contributed by atoms with Gasteiger partial charge in [0.1, 0.15) is 9.84 Å². The SMILES string of the molecule is CS(=O)(=O)CCC(=O)Nc1cc(Br)cc(C(=O)O)c1. The second-order valence-electron chi connectivity index (χ2n) is 3.96. The van der Waals surface area contributed by atoms with E-state index in [4.69, 9.17) is 5.11 Å². The van der Waals surface area contributed by atoms with Gasteiger partial charge in [0.15, 0.2) is 0 Å². The lowest BCUT2D eigenvalue weighted by atomic mass is 10.2. The Kier molecular flexibility index (Phi) is 5.07. The minimum Gasteiger partial charge on any atom is -0.478 e. The van der Waals surface area contributed by atoms with Crippen molar-refractivity contribution in [1.29, 1.82) is 0 Å². The summed E-state index contributed by atoms with van der Waals surface area (Å²) < 4.78 is 22.3. The van der Waals surface area contributed by atoms with Gasteiger partial charge in [-0.1, -0.05) is 15.9 Å². The lowest BCUT2D eigenvalue weighted by molar-refractivity contribution is -0.115. The van der Waals surface area contributed by atoms with Crippen molar-refractivity contribution < 1.29 is 23.1 Å². The van der Waals surface area contributed by atoms with E-state index in [2.05, 4.69) is 21.2 Å². The van der Waals surface area contributed by atoms with Crippen LogP contribution in [0.4, 0.5) is 5.69 Å². The summed E-state index contributed by atoms with van der Waals surface area (Å²) in [6.07, 6.45) is 0.871. The molecule has 0 atom stereocenters. The lowest BCUT2D eigenvalue weighted by Crippen LogP contribution is -2.16. The molecule has 8 heteroatoms. The number of sulfone groups is 1. The normalized spacial score (nSPS) is 11.1. The van der Waals surface area contributed by atoms with Crippen molar-refractivity contribution in [3.63, 3.8) is 0 Å². The van der Waals surface area contributed by atoms with Crippen LogP contribution in [-0.2, 0) is 14.6 Å². The van der Waals surface area contributed by atoms with E-state index in [1.807, 2.05) is 0 Å². The zero-order valence-electron chi connectivity index (χ0n) is 10.0. The molecule has 0 bridgehead atoms. The monoisotopic (exact) mass is 349 g/mol. The van der Waals surface area contributed by atoms with Gasteiger partial charge in [-0.05, 0) is 18.2 Å². The fourth-order valence-electron chi connectivity index (χ4n) is 1.29. The second-order valence-corrected chi connectivity index (χ2v) is 7.14. The maximum atomic E-state index is 11.5. The van der Waals surface area contributed by atoms with Gasteiger partial charge in [0.2, 0.25) is 5.91 Å². The predicted octanol–water partition coefficient (Wildman–Crippen LogP) is 1.52. The number of carboxylic acid groups (broad SMARTS) is 1. The molecule has 0 fully saturated rings. The maximum Gasteiger partial charge on any atom is 0.335 e. The summed E-state index contributed by atoms with van der Waals surface area (Å²) in [6.45, 7) is 0. The first kappa shape index (κ1) is 15.6. The van der Waals surface area contributed by atoms with Crippen LogP contribution in [0.5, 0.6) is 0 Å². The first-order chi connectivity index (χ1) is 8.67. The number of rotatable bonds is 5. The van der Waals surface area contributed by atoms with E-state index >= 15 is 0 Å². The van der Waals surface area contributed by atoms with Crippen molar-refractivity contribution in [2.45, 2.75) is 6.42 Å². The van der Waals surface area contributed by atoms with Gasteiger partial charge in [-0.25, -0.2) is 13.2 Å². The zero-order chi connectivity index (χ0) is 14.6. The van der Waals surface area contributed by atoms with Gasteiger partial charge in [0.05, 0.1) is 11.3 Å². The van der Waals surface area contributed by atoms with E-state index in [0.29, 0.717) is 10.2 Å². The van der Waals surface area contributed by atoms with Crippen LogP contribution in [0.1, 0.15) is 16.8 Å². The Bertz CT molecular complexity index is 612. The fraction of sp³-hybridized carbons (Fsp3) is 0.273. The van der Waals surface area contributed by atoms with Crippen LogP contribution in [0.2, 0.25) is 0 Å². The summed E-state index contributed by atoms with van der Waals surface area (Å²) in [4.78, 5) is 22.3. The second kappa shape index (κ2) is 6.16. The zero-order valence-corrected chi connectivity index (χ0v) is 12.4. The van der Waals surface area contributed by atoms with Crippen LogP contribution in [0.3, 0.4) is 0 Å². The molecule has 0 heterocycles. The summed E-state index contributed by atoms with van der Waals surface area (Å²) in [7, 11) is -3.21. The number of benzene rings is 1. The lowest BCUT2D eigenvalue weighted by Gasteiger charge is -2.06. The Morgan fingerprint density at radius 2 is 1.95 bits per heavy atom. The number of hydrogen-bond acceptors (Lipinski definition) is 4. The molecule has 0 aliphatic carbocycles. The van der Waals surface area contributed by atoms with Gasteiger partial charge < -0.3 is 10.4 Å². The Balaban J connectivity index is 2.77. The summed E-state index contributed by atoms with van der Waals surface area (Å²) >= 11 is 3.13. The van der Waals surface area contributed by atoms with E-state index < -0.39 is 21.7 Å². The molecule has 1 aromatic carbocycles. The van der Waals surface area contributed by atoms with Crippen LogP contribution < -0.4 is 5.32 Å². The third kappa shape index (κ3) is 5.84. The topological polar surface area (TPSA) is 101 Å². The quantitative estimate of drug-likeness (QED) is 0.839. The minimum absolute atomic E-state index is 0.0211. The molecule has 19 heavy (non-hydrogen) atoms. The van der Waals surface area contributed by atoms with Crippen LogP contribution in [-0.4, -0.2) is 37.4 Å². The highest BCUT2D eigenvalue weighted by atomic mass is 79.9. The third-order valence-corrected chi connectivity index (χ3v) is 3.53. The molecule has 104 valence electrons. The summed E-state index contributed by atoms with van der Waals surface area (Å²) in [5, 5.41) is 11.3. The molecule has 0 saturated carbocycles. The molecule has 0 aromatic heterocycles. The molecular weight excluding hydrogens is 338 g/mol. The Hall–Kier alpha value is -1.41. The van der Waals surface area contributed by atoms with E-state index in [1.165, 1.54) is 18.2 Å². The Morgan fingerprint density at radius 3 is 2.47 bits per heavy atom. The van der Waals surface area contributed by atoms with Gasteiger partial charge >= 0.3 is 5.97 Å². The largest absolute Gasteiger partial charge is 0.478 e. The summed E-state index contributed by atoms with van der Waals surface area (Å²) in [6, 6.07) is 4.23. The van der Waals surface area contributed by atoms with Crippen LogP contribution in [0.15, 0.2) is 22.7 Å². The molecule has 0 spiro atoms. The van der Waals surface area contributed by atoms with Crippen molar-refractivity contribution >= 4 is 43.3 Å². The number of nitrogens with one attached hydrogen (secondary N) is 1. The molecule has 0 unspecified atom stereocenters. The number of anilines is 1.